The summed E-state index contributed by atoms with van der Waals surface area (Å²) in [5.41, 5.74) is 8.73. The van der Waals surface area contributed by atoms with Crippen molar-refractivity contribution in [3.05, 3.63) is 52.8 Å². The van der Waals surface area contributed by atoms with E-state index >= 15 is 0 Å². The molecule has 106 valence electrons. The van der Waals surface area contributed by atoms with E-state index in [2.05, 4.69) is 15.5 Å². The molecule has 0 fully saturated rings. The Labute approximate surface area is 125 Å². The van der Waals surface area contributed by atoms with Crippen LogP contribution in [-0.2, 0) is 0 Å². The van der Waals surface area contributed by atoms with Gasteiger partial charge < -0.3 is 5.73 Å². The van der Waals surface area contributed by atoms with E-state index in [0.717, 1.165) is 11.1 Å². The predicted octanol–water partition coefficient (Wildman–Crippen LogP) is 3.01. The van der Waals surface area contributed by atoms with Crippen molar-refractivity contribution in [2.24, 2.45) is 0 Å². The molecule has 21 heavy (non-hydrogen) atoms. The van der Waals surface area contributed by atoms with Gasteiger partial charge in [0.15, 0.2) is 5.82 Å². The lowest BCUT2D eigenvalue weighted by molar-refractivity contribution is 0.627. The maximum atomic E-state index is 13.2. The molecule has 0 aliphatic heterocycles. The molecule has 3 rings (SSSR count). The smallest absolute Gasteiger partial charge is 0.187 e. The second kappa shape index (κ2) is 5.14. The van der Waals surface area contributed by atoms with Gasteiger partial charge in [-0.3, -0.25) is 0 Å². The zero-order valence-electron chi connectivity index (χ0n) is 11.1. The van der Waals surface area contributed by atoms with E-state index < -0.39 is 5.82 Å². The molecule has 3 aromatic rings. The van der Waals surface area contributed by atoms with Crippen LogP contribution in [-0.4, -0.2) is 20.2 Å². The van der Waals surface area contributed by atoms with Crippen LogP contribution >= 0.6 is 11.6 Å². The topological polar surface area (TPSA) is 69.6 Å². The molecule has 1 heterocycles. The third kappa shape index (κ3) is 2.45. The van der Waals surface area contributed by atoms with E-state index in [1.165, 1.54) is 22.9 Å². The quantitative estimate of drug-likeness (QED) is 0.739. The van der Waals surface area contributed by atoms with Crippen molar-refractivity contribution >= 4 is 17.3 Å². The summed E-state index contributed by atoms with van der Waals surface area (Å²) in [7, 11) is 0. The first-order valence-corrected chi connectivity index (χ1v) is 6.54. The maximum Gasteiger partial charge on any atom is 0.187 e. The highest BCUT2D eigenvalue weighted by Crippen LogP contribution is 2.26. The van der Waals surface area contributed by atoms with Gasteiger partial charge in [-0.25, -0.2) is 4.39 Å². The van der Waals surface area contributed by atoms with Crippen LogP contribution in [0, 0.1) is 12.7 Å². The van der Waals surface area contributed by atoms with Gasteiger partial charge in [0.25, 0.3) is 0 Å². The summed E-state index contributed by atoms with van der Waals surface area (Å²) in [6.07, 6.45) is 0. The summed E-state index contributed by atoms with van der Waals surface area (Å²) in [5.74, 6) is 0.0910. The number of rotatable bonds is 2. The number of nitrogens with two attached hydrogens (primary N) is 1. The summed E-state index contributed by atoms with van der Waals surface area (Å²) in [4.78, 5) is 0. The predicted molar refractivity (Wildman–Crippen MR) is 78.7 cm³/mol. The number of tetrazole rings is 1. The largest absolute Gasteiger partial charge is 0.399 e. The van der Waals surface area contributed by atoms with Crippen molar-refractivity contribution < 1.29 is 4.39 Å². The van der Waals surface area contributed by atoms with Crippen molar-refractivity contribution in [3.63, 3.8) is 0 Å². The highest BCUT2D eigenvalue weighted by Gasteiger charge is 2.14. The number of hydrogen-bond acceptors (Lipinski definition) is 4. The van der Waals surface area contributed by atoms with Crippen LogP contribution in [0.15, 0.2) is 36.4 Å². The highest BCUT2D eigenvalue weighted by molar-refractivity contribution is 6.32. The molecule has 1 aromatic heterocycles. The third-order valence-electron chi connectivity index (χ3n) is 3.14. The third-order valence-corrected chi connectivity index (χ3v) is 3.44. The highest BCUT2D eigenvalue weighted by atomic mass is 35.5. The first-order valence-electron chi connectivity index (χ1n) is 6.16. The second-order valence-electron chi connectivity index (χ2n) is 4.58. The molecule has 5 nitrogen and oxygen atoms in total. The lowest BCUT2D eigenvalue weighted by Gasteiger charge is -2.08. The Morgan fingerprint density at radius 3 is 2.71 bits per heavy atom. The van der Waals surface area contributed by atoms with E-state index in [4.69, 9.17) is 17.3 Å². The Morgan fingerprint density at radius 2 is 2.00 bits per heavy atom. The van der Waals surface area contributed by atoms with Crippen molar-refractivity contribution in [3.8, 4) is 17.1 Å². The summed E-state index contributed by atoms with van der Waals surface area (Å²) < 4.78 is 14.6. The van der Waals surface area contributed by atoms with Gasteiger partial charge in [-0.05, 0) is 59.3 Å². The van der Waals surface area contributed by atoms with E-state index in [1.54, 1.807) is 6.07 Å². The summed E-state index contributed by atoms with van der Waals surface area (Å²) in [6.45, 7) is 1.90. The number of anilines is 1. The first-order chi connectivity index (χ1) is 10.1. The van der Waals surface area contributed by atoms with Crippen LogP contribution in [0.1, 0.15) is 5.56 Å². The molecule has 0 saturated heterocycles. The number of nitrogens with zero attached hydrogens (tertiary/aromatic N) is 4. The number of hydrogen-bond donors (Lipinski definition) is 1. The first kappa shape index (κ1) is 13.5. The molecular formula is C14H11ClFN5. The van der Waals surface area contributed by atoms with Gasteiger partial charge in [0, 0.05) is 11.3 Å². The average Bonchev–Trinajstić information content (AvgIpc) is 2.91. The average molecular weight is 304 g/mol. The zero-order chi connectivity index (χ0) is 15.0. The fourth-order valence-electron chi connectivity index (χ4n) is 2.00. The van der Waals surface area contributed by atoms with Gasteiger partial charge in [-0.15, -0.1) is 5.10 Å². The number of benzene rings is 2. The molecule has 0 aliphatic carbocycles. The van der Waals surface area contributed by atoms with Gasteiger partial charge in [0.2, 0.25) is 0 Å². The lowest BCUT2D eigenvalue weighted by Crippen LogP contribution is -2.01. The minimum Gasteiger partial charge on any atom is -0.399 e. The molecule has 0 unspecified atom stereocenters. The zero-order valence-corrected chi connectivity index (χ0v) is 11.8. The SMILES string of the molecule is Cc1cc(-c2nnnn2-c2ccc(F)cc2Cl)ccc1N. The minimum atomic E-state index is -0.415. The molecule has 0 spiro atoms. The minimum absolute atomic E-state index is 0.232. The van der Waals surface area contributed by atoms with Crippen molar-refractivity contribution in [1.29, 1.82) is 0 Å². The van der Waals surface area contributed by atoms with Crippen LogP contribution in [0.3, 0.4) is 0 Å². The molecule has 0 bridgehead atoms. The van der Waals surface area contributed by atoms with Crippen LogP contribution in [0.25, 0.3) is 17.1 Å². The van der Waals surface area contributed by atoms with E-state index in [0.29, 0.717) is 17.2 Å². The van der Waals surface area contributed by atoms with Crippen molar-refractivity contribution in [2.75, 3.05) is 5.73 Å². The van der Waals surface area contributed by atoms with Crippen LogP contribution in [0.4, 0.5) is 10.1 Å². The van der Waals surface area contributed by atoms with Gasteiger partial charge in [-0.1, -0.05) is 11.6 Å². The summed E-state index contributed by atoms with van der Waals surface area (Å²) >= 11 is 6.06. The fraction of sp³-hybridized carbons (Fsp3) is 0.0714. The Hall–Kier alpha value is -2.47. The molecule has 0 radical (unpaired) electrons. The van der Waals surface area contributed by atoms with Crippen LogP contribution in [0.2, 0.25) is 5.02 Å². The molecule has 0 atom stereocenters. The van der Waals surface area contributed by atoms with Gasteiger partial charge in [0.1, 0.15) is 5.82 Å². The number of aryl methyl sites for hydroxylation is 1. The van der Waals surface area contributed by atoms with Crippen LogP contribution < -0.4 is 5.73 Å². The molecule has 0 amide bonds. The number of nitrogen functional groups attached to an aromatic ring is 1. The fourth-order valence-corrected chi connectivity index (χ4v) is 2.24. The van der Waals surface area contributed by atoms with E-state index in [-0.39, 0.29) is 5.02 Å². The Bertz CT molecular complexity index is 815. The van der Waals surface area contributed by atoms with Crippen molar-refractivity contribution in [1.82, 2.24) is 20.2 Å². The maximum absolute atomic E-state index is 13.2. The lowest BCUT2D eigenvalue weighted by atomic mass is 10.1. The molecule has 2 aromatic carbocycles. The second-order valence-corrected chi connectivity index (χ2v) is 4.99. The monoisotopic (exact) mass is 303 g/mol. The van der Waals surface area contributed by atoms with E-state index in [9.17, 15) is 4.39 Å². The van der Waals surface area contributed by atoms with Gasteiger partial charge in [0.05, 0.1) is 10.7 Å². The van der Waals surface area contributed by atoms with Crippen LogP contribution in [0.5, 0.6) is 0 Å². The normalized spacial score (nSPS) is 10.8. The molecule has 2 N–H and O–H groups in total. The molecule has 7 heteroatoms. The van der Waals surface area contributed by atoms with Gasteiger partial charge in [-0.2, -0.15) is 4.68 Å². The standard InChI is InChI=1S/C14H11ClFN5/c1-8-6-9(2-4-12(8)17)14-18-19-20-21(14)13-5-3-10(16)7-11(13)15/h2-7H,17H2,1H3. The van der Waals surface area contributed by atoms with E-state index in [1.807, 2.05) is 19.1 Å². The Morgan fingerprint density at radius 1 is 1.19 bits per heavy atom. The number of aromatic nitrogens is 4. The number of halogens is 2. The van der Waals surface area contributed by atoms with Gasteiger partial charge >= 0.3 is 0 Å². The molecular weight excluding hydrogens is 293 g/mol. The Kier molecular flexibility index (Phi) is 3.31. The summed E-state index contributed by atoms with van der Waals surface area (Å²) in [6, 6.07) is 9.55. The molecule has 0 aliphatic rings. The molecule has 0 saturated carbocycles. The Balaban J connectivity index is 2.14. The summed E-state index contributed by atoms with van der Waals surface area (Å²) in [5, 5.41) is 11.8. The van der Waals surface area contributed by atoms with Crippen molar-refractivity contribution in [2.45, 2.75) is 6.92 Å².